The van der Waals surface area contributed by atoms with E-state index >= 15 is 0 Å². The van der Waals surface area contributed by atoms with Crippen LogP contribution in [0.3, 0.4) is 0 Å². The molecule has 39 heavy (non-hydrogen) atoms. The fourth-order valence-electron chi connectivity index (χ4n) is 1.00. The van der Waals surface area contributed by atoms with Gasteiger partial charge in [-0.15, -0.1) is 6.42 Å². The molecule has 0 aliphatic carbocycles. The molecule has 0 saturated heterocycles. The number of rotatable bonds is 0. The third kappa shape index (κ3) is 40.8. The van der Waals surface area contributed by atoms with Crippen molar-refractivity contribution in [2.24, 2.45) is 5.73 Å². The average molecular weight is 483 g/mol. The monoisotopic (exact) mass is 483 g/mol. The van der Waals surface area contributed by atoms with Gasteiger partial charge in [-0.25, -0.2) is 0 Å². The molecule has 0 unspecified atom stereocenters. The summed E-state index contributed by atoms with van der Waals surface area (Å²) in [5.74, 6) is 81.6. The topological polar surface area (TPSA) is 43.1 Å². The quantitative estimate of drug-likeness (QED) is 0.492. The summed E-state index contributed by atoms with van der Waals surface area (Å²) >= 11 is 0. The van der Waals surface area contributed by atoms with E-state index in [1.165, 1.54) is 6.92 Å². The van der Waals surface area contributed by atoms with Gasteiger partial charge in [-0.1, -0.05) is 5.92 Å². The molecule has 0 fully saturated rings. The molecule has 0 aliphatic rings. The SMILES string of the molecule is C#CC#CC#CC#CC#CC#CC#CC#CC#CC#CC#CC#CC#CC#CC#CC#CC#CC.CC(N)=O. The van der Waals surface area contributed by atoms with E-state index in [1.807, 2.05) is 0 Å². The Balaban J connectivity index is 0. The Kier molecular flexibility index (Phi) is 27.4. The molecular formula is C37H9NO. The Morgan fingerprint density at radius 2 is 0.513 bits per heavy atom. The van der Waals surface area contributed by atoms with Crippen LogP contribution in [0.4, 0.5) is 0 Å². The van der Waals surface area contributed by atoms with Gasteiger partial charge in [0, 0.05) is 102 Å². The smallest absolute Gasteiger partial charge is 0.214 e. The Hall–Kier alpha value is -8.01. The molecule has 0 aromatic rings. The Bertz CT molecular complexity index is 2040. The van der Waals surface area contributed by atoms with Crippen LogP contribution in [-0.4, -0.2) is 5.91 Å². The van der Waals surface area contributed by atoms with Crippen molar-refractivity contribution in [3.05, 3.63) is 0 Å². The lowest BCUT2D eigenvalue weighted by Crippen LogP contribution is -2.01. The van der Waals surface area contributed by atoms with E-state index < -0.39 is 0 Å². The van der Waals surface area contributed by atoms with Crippen molar-refractivity contribution in [2.45, 2.75) is 13.8 Å². The fourth-order valence-corrected chi connectivity index (χ4v) is 1.00. The second kappa shape index (κ2) is 32.2. The first-order valence-corrected chi connectivity index (χ1v) is 9.78. The third-order valence-corrected chi connectivity index (χ3v) is 2.07. The van der Waals surface area contributed by atoms with Crippen LogP contribution >= 0.6 is 0 Å². The number of terminal acetylenes is 1. The lowest BCUT2D eigenvalue weighted by atomic mass is 10.4. The predicted molar refractivity (Wildman–Crippen MR) is 154 cm³/mol. The van der Waals surface area contributed by atoms with Crippen molar-refractivity contribution >= 4 is 5.91 Å². The van der Waals surface area contributed by atoms with Crippen molar-refractivity contribution in [3.63, 3.8) is 0 Å². The number of hydrogen-bond acceptors (Lipinski definition) is 1. The van der Waals surface area contributed by atoms with Gasteiger partial charge in [0.2, 0.25) is 5.91 Å². The number of carbonyl (C=O) groups is 1. The minimum Gasteiger partial charge on any atom is -0.370 e. The zero-order valence-corrected chi connectivity index (χ0v) is 20.6. The summed E-state index contributed by atoms with van der Waals surface area (Å²) in [6.45, 7) is 3.00. The van der Waals surface area contributed by atoms with E-state index in [0.717, 1.165) is 0 Å². The van der Waals surface area contributed by atoms with Crippen LogP contribution in [0.5, 0.6) is 0 Å². The van der Waals surface area contributed by atoms with Gasteiger partial charge in [0.15, 0.2) is 0 Å². The molecule has 0 spiro atoms. The summed E-state index contributed by atoms with van der Waals surface area (Å²) in [5, 5.41) is 0. The van der Waals surface area contributed by atoms with Crippen molar-refractivity contribution < 1.29 is 4.79 Å². The molecule has 0 saturated carbocycles. The number of primary amides is 1. The van der Waals surface area contributed by atoms with Crippen LogP contribution in [-0.2, 0) is 4.79 Å². The Labute approximate surface area is 231 Å². The second-order valence-corrected chi connectivity index (χ2v) is 4.88. The van der Waals surface area contributed by atoms with E-state index in [2.05, 4.69) is 201 Å². The van der Waals surface area contributed by atoms with Crippen LogP contribution in [0.2, 0.25) is 0 Å². The van der Waals surface area contributed by atoms with Crippen molar-refractivity contribution in [1.29, 1.82) is 0 Å². The van der Waals surface area contributed by atoms with Gasteiger partial charge in [-0.2, -0.15) is 0 Å². The molecule has 0 rings (SSSR count). The van der Waals surface area contributed by atoms with Crippen molar-refractivity contribution in [2.75, 3.05) is 0 Å². The molecular weight excluding hydrogens is 474 g/mol. The normalized spacial score (nSPS) is 4.13. The highest BCUT2D eigenvalue weighted by atomic mass is 16.1. The van der Waals surface area contributed by atoms with Crippen LogP contribution in [0.1, 0.15) is 13.8 Å². The third-order valence-electron chi connectivity index (χ3n) is 2.07. The Morgan fingerprint density at radius 3 is 0.641 bits per heavy atom. The summed E-state index contributed by atoms with van der Waals surface area (Å²) in [5.41, 5.74) is 4.47. The van der Waals surface area contributed by atoms with Gasteiger partial charge in [0.05, 0.1) is 0 Å². The maximum atomic E-state index is 9.22. The first-order chi connectivity index (χ1) is 19.1. The highest BCUT2D eigenvalue weighted by molar-refractivity contribution is 5.70. The van der Waals surface area contributed by atoms with Gasteiger partial charge in [-0.05, 0) is 102 Å². The standard InChI is InChI=1S/C35H4.C2H5NO/c1-3-5-7-9-11-13-15-17-19-21-23-25-27-29-31-33-35-34-32-30-28-26-24-22-20-18-16-14-12-10-8-6-4-2;1-2(3)4/h1H,2H3;1H3,(H2,3,4). The number of carbonyl (C=O) groups excluding carboxylic acids is 1. The molecule has 0 heterocycles. The summed E-state index contributed by atoms with van der Waals surface area (Å²) in [7, 11) is 0. The molecule has 2 heteroatoms. The Morgan fingerprint density at radius 1 is 0.385 bits per heavy atom. The van der Waals surface area contributed by atoms with Crippen LogP contribution in [0.15, 0.2) is 0 Å². The summed E-state index contributed by atoms with van der Waals surface area (Å²) in [6, 6.07) is 0. The van der Waals surface area contributed by atoms with Gasteiger partial charge in [0.1, 0.15) is 0 Å². The maximum Gasteiger partial charge on any atom is 0.214 e. The van der Waals surface area contributed by atoms with Crippen LogP contribution < -0.4 is 5.73 Å². The molecule has 0 aromatic carbocycles. The van der Waals surface area contributed by atoms with Crippen molar-refractivity contribution in [3.8, 4) is 202 Å². The van der Waals surface area contributed by atoms with E-state index in [0.29, 0.717) is 0 Å². The van der Waals surface area contributed by atoms with E-state index in [9.17, 15) is 4.79 Å². The minimum absolute atomic E-state index is 0.333. The van der Waals surface area contributed by atoms with E-state index in [-0.39, 0.29) is 5.91 Å². The van der Waals surface area contributed by atoms with Crippen LogP contribution in [0, 0.1) is 202 Å². The molecule has 0 aromatic heterocycles. The zero-order valence-electron chi connectivity index (χ0n) is 20.6. The number of hydrogen-bond donors (Lipinski definition) is 1. The predicted octanol–water partition coefficient (Wildman–Crippen LogP) is 0.186. The molecule has 0 atom stereocenters. The number of amides is 1. The van der Waals surface area contributed by atoms with Crippen LogP contribution in [0.25, 0.3) is 0 Å². The lowest BCUT2D eigenvalue weighted by molar-refractivity contribution is -0.115. The van der Waals surface area contributed by atoms with Crippen molar-refractivity contribution in [1.82, 2.24) is 0 Å². The van der Waals surface area contributed by atoms with Gasteiger partial charge >= 0.3 is 0 Å². The lowest BCUT2D eigenvalue weighted by Gasteiger charge is -1.60. The highest BCUT2D eigenvalue weighted by Crippen LogP contribution is 1.60. The highest BCUT2D eigenvalue weighted by Gasteiger charge is 1.62. The van der Waals surface area contributed by atoms with E-state index in [4.69, 9.17) is 6.42 Å². The molecule has 168 valence electrons. The minimum atomic E-state index is -0.333. The zero-order chi connectivity index (χ0) is 28.9. The molecule has 2 nitrogen and oxygen atoms in total. The molecule has 0 radical (unpaired) electrons. The largest absolute Gasteiger partial charge is 0.370 e. The summed E-state index contributed by atoms with van der Waals surface area (Å²) < 4.78 is 0. The molecule has 1 amide bonds. The first-order valence-electron chi connectivity index (χ1n) is 9.78. The number of nitrogens with two attached hydrogens (primary N) is 1. The average Bonchev–Trinajstić information content (AvgIpc) is 2.91. The van der Waals surface area contributed by atoms with Gasteiger partial charge in [0.25, 0.3) is 0 Å². The summed E-state index contributed by atoms with van der Waals surface area (Å²) in [6.07, 6.45) is 4.93. The molecule has 0 aliphatic heterocycles. The van der Waals surface area contributed by atoms with Gasteiger partial charge < -0.3 is 5.73 Å². The first kappa shape index (κ1) is 33.2. The fraction of sp³-hybridized carbons (Fsp3) is 0.0541. The molecule has 2 N–H and O–H groups in total. The van der Waals surface area contributed by atoms with E-state index in [1.54, 1.807) is 6.92 Å². The maximum absolute atomic E-state index is 9.22. The second-order valence-electron chi connectivity index (χ2n) is 4.88. The van der Waals surface area contributed by atoms with Gasteiger partial charge in [-0.3, -0.25) is 4.79 Å². The molecule has 0 bridgehead atoms. The summed E-state index contributed by atoms with van der Waals surface area (Å²) in [4.78, 5) is 9.22.